The van der Waals surface area contributed by atoms with Crippen LogP contribution in [0.15, 0.2) is 115 Å². The van der Waals surface area contributed by atoms with Gasteiger partial charge < -0.3 is 4.74 Å². The summed E-state index contributed by atoms with van der Waals surface area (Å²) in [5.41, 5.74) is 1.18. The maximum atomic E-state index is 6.34. The monoisotopic (exact) mass is 383 g/mol. The molecule has 0 saturated carbocycles. The zero-order valence-electron chi connectivity index (χ0n) is 16.0. The van der Waals surface area contributed by atoms with E-state index in [9.17, 15) is 0 Å². The van der Waals surface area contributed by atoms with Gasteiger partial charge in [-0.15, -0.1) is 0 Å². The Bertz CT molecular complexity index is 974. The molecule has 28 heavy (non-hydrogen) atoms. The van der Waals surface area contributed by atoms with Gasteiger partial charge in [-0.25, -0.2) is 0 Å². The number of para-hydroxylation sites is 1. The summed E-state index contributed by atoms with van der Waals surface area (Å²) < 4.78 is 6.34. The number of rotatable bonds is 6. The van der Waals surface area contributed by atoms with Crippen LogP contribution in [0.2, 0.25) is 0 Å². The van der Waals surface area contributed by atoms with E-state index in [2.05, 4.69) is 116 Å². The molecular formula is C26H24OP+. The van der Waals surface area contributed by atoms with Crippen molar-refractivity contribution in [3.63, 3.8) is 0 Å². The summed E-state index contributed by atoms with van der Waals surface area (Å²) >= 11 is 0. The molecule has 138 valence electrons. The van der Waals surface area contributed by atoms with Gasteiger partial charge >= 0.3 is 0 Å². The first kappa shape index (κ1) is 18.5. The number of ether oxygens (including phenoxy) is 1. The predicted octanol–water partition coefficient (Wildman–Crippen LogP) is 5.19. The third-order valence-corrected chi connectivity index (χ3v) is 9.12. The van der Waals surface area contributed by atoms with Gasteiger partial charge in [-0.05, 0) is 42.0 Å². The molecule has 0 radical (unpaired) electrons. The van der Waals surface area contributed by atoms with Gasteiger partial charge in [-0.1, -0.05) is 78.9 Å². The Morgan fingerprint density at radius 3 is 1.61 bits per heavy atom. The molecule has 0 aliphatic rings. The fourth-order valence-corrected chi connectivity index (χ4v) is 6.92. The molecule has 4 rings (SSSR count). The molecular weight excluding hydrogens is 359 g/mol. The molecule has 0 N–H and O–H groups in total. The lowest BCUT2D eigenvalue weighted by Crippen LogP contribution is -2.31. The molecule has 0 saturated heterocycles. The molecule has 0 atom stereocenters. The summed E-state index contributed by atoms with van der Waals surface area (Å²) in [5.74, 6) is 0.967. The maximum absolute atomic E-state index is 6.34. The minimum Gasteiger partial charge on any atom is -0.485 e. The highest BCUT2D eigenvalue weighted by molar-refractivity contribution is 7.95. The first-order valence-electron chi connectivity index (χ1n) is 9.52. The Kier molecular flexibility index (Phi) is 5.55. The normalized spacial score (nSPS) is 11.2. The van der Waals surface area contributed by atoms with E-state index >= 15 is 0 Å². The van der Waals surface area contributed by atoms with Crippen molar-refractivity contribution in [2.45, 2.75) is 6.61 Å². The lowest BCUT2D eigenvalue weighted by molar-refractivity contribution is 0.309. The average Bonchev–Trinajstić information content (AvgIpc) is 2.79. The molecule has 0 aromatic heterocycles. The van der Waals surface area contributed by atoms with Crippen LogP contribution in [-0.4, -0.2) is 6.66 Å². The van der Waals surface area contributed by atoms with Crippen LogP contribution in [0.5, 0.6) is 5.75 Å². The summed E-state index contributed by atoms with van der Waals surface area (Å²) in [6, 6.07) is 40.5. The van der Waals surface area contributed by atoms with E-state index in [1.54, 1.807) is 0 Å². The van der Waals surface area contributed by atoms with Gasteiger partial charge in [-0.3, -0.25) is 0 Å². The van der Waals surface area contributed by atoms with Gasteiger partial charge in [0.05, 0.1) is 6.66 Å². The molecule has 0 spiro atoms. The third kappa shape index (κ3) is 3.72. The molecule has 0 fully saturated rings. The summed E-state index contributed by atoms with van der Waals surface area (Å²) in [6.07, 6.45) is 0. The van der Waals surface area contributed by atoms with Gasteiger partial charge in [0.2, 0.25) is 0 Å². The van der Waals surface area contributed by atoms with Crippen molar-refractivity contribution in [2.24, 2.45) is 0 Å². The first-order valence-corrected chi connectivity index (χ1v) is 11.8. The standard InChI is InChI=1S/C26H24OP/c1-28(23-15-7-3-8-16-23,24-17-9-4-10-18-24)26-20-12-11-19-25(26)27-21-22-13-5-2-6-14-22/h2-20H,21H2,1H3/q+1. The highest BCUT2D eigenvalue weighted by atomic mass is 31.2. The van der Waals surface area contributed by atoms with E-state index in [0.717, 1.165) is 5.75 Å². The van der Waals surface area contributed by atoms with Crippen molar-refractivity contribution in [1.82, 2.24) is 0 Å². The topological polar surface area (TPSA) is 9.23 Å². The van der Waals surface area contributed by atoms with E-state index in [-0.39, 0.29) is 0 Å². The van der Waals surface area contributed by atoms with Crippen LogP contribution >= 0.6 is 7.26 Å². The van der Waals surface area contributed by atoms with Crippen molar-refractivity contribution in [3.05, 3.63) is 121 Å². The molecule has 4 aromatic rings. The fourth-order valence-electron chi connectivity index (χ4n) is 3.56. The fraction of sp³-hybridized carbons (Fsp3) is 0.0769. The van der Waals surface area contributed by atoms with Gasteiger partial charge in [0.1, 0.15) is 29.8 Å². The molecule has 0 amide bonds. The maximum Gasteiger partial charge on any atom is 0.162 e. The van der Waals surface area contributed by atoms with Crippen LogP contribution in [-0.2, 0) is 6.61 Å². The van der Waals surface area contributed by atoms with E-state index in [4.69, 9.17) is 4.74 Å². The molecule has 0 aliphatic carbocycles. The second-order valence-electron chi connectivity index (χ2n) is 6.92. The summed E-state index contributed by atoms with van der Waals surface area (Å²) in [7, 11) is -1.81. The number of benzene rings is 4. The lowest BCUT2D eigenvalue weighted by atomic mass is 10.2. The molecule has 0 heterocycles. The van der Waals surface area contributed by atoms with Crippen LogP contribution in [0.25, 0.3) is 0 Å². The Balaban J connectivity index is 1.80. The SMILES string of the molecule is C[P+](c1ccccc1)(c1ccccc1)c1ccccc1OCc1ccccc1. The van der Waals surface area contributed by atoms with E-state index in [1.165, 1.54) is 21.5 Å². The number of hydrogen-bond donors (Lipinski definition) is 0. The average molecular weight is 383 g/mol. The molecule has 0 bridgehead atoms. The Hall–Kier alpha value is -2.89. The van der Waals surface area contributed by atoms with Gasteiger partial charge in [0.25, 0.3) is 0 Å². The molecule has 0 aliphatic heterocycles. The van der Waals surface area contributed by atoms with Crippen LogP contribution in [0.1, 0.15) is 5.56 Å². The second-order valence-corrected chi connectivity index (χ2v) is 10.4. The van der Waals surface area contributed by atoms with Crippen molar-refractivity contribution < 1.29 is 4.74 Å². The van der Waals surface area contributed by atoms with Crippen LogP contribution in [0.3, 0.4) is 0 Å². The Morgan fingerprint density at radius 1 is 0.571 bits per heavy atom. The smallest absolute Gasteiger partial charge is 0.162 e. The first-order chi connectivity index (χ1) is 13.8. The summed E-state index contributed by atoms with van der Waals surface area (Å²) in [5, 5.41) is 4.00. The molecule has 4 aromatic carbocycles. The highest BCUT2D eigenvalue weighted by Crippen LogP contribution is 2.53. The van der Waals surface area contributed by atoms with Crippen LogP contribution in [0.4, 0.5) is 0 Å². The molecule has 1 nitrogen and oxygen atoms in total. The van der Waals surface area contributed by atoms with E-state index < -0.39 is 7.26 Å². The van der Waals surface area contributed by atoms with Crippen LogP contribution in [0, 0.1) is 0 Å². The van der Waals surface area contributed by atoms with Gasteiger partial charge in [-0.2, -0.15) is 0 Å². The highest BCUT2D eigenvalue weighted by Gasteiger charge is 2.42. The zero-order valence-corrected chi connectivity index (χ0v) is 16.9. The quantitative estimate of drug-likeness (QED) is 0.417. The van der Waals surface area contributed by atoms with Crippen molar-refractivity contribution in [2.75, 3.05) is 6.66 Å². The van der Waals surface area contributed by atoms with E-state index in [1.807, 2.05) is 6.07 Å². The van der Waals surface area contributed by atoms with Crippen molar-refractivity contribution in [1.29, 1.82) is 0 Å². The van der Waals surface area contributed by atoms with Crippen molar-refractivity contribution >= 4 is 23.2 Å². The summed E-state index contributed by atoms with van der Waals surface area (Å²) in [6.45, 7) is 2.96. The Labute approximate surface area is 168 Å². The zero-order chi connectivity index (χ0) is 19.2. The predicted molar refractivity (Wildman–Crippen MR) is 122 cm³/mol. The third-order valence-electron chi connectivity index (χ3n) is 5.13. The minimum absolute atomic E-state index is 0.571. The number of hydrogen-bond acceptors (Lipinski definition) is 1. The van der Waals surface area contributed by atoms with Gasteiger partial charge in [0.15, 0.2) is 5.75 Å². The molecule has 2 heteroatoms. The minimum atomic E-state index is -1.81. The summed E-state index contributed by atoms with van der Waals surface area (Å²) in [4.78, 5) is 0. The lowest BCUT2D eigenvalue weighted by Gasteiger charge is -2.25. The van der Waals surface area contributed by atoms with Gasteiger partial charge in [0, 0.05) is 0 Å². The van der Waals surface area contributed by atoms with Crippen LogP contribution < -0.4 is 20.7 Å². The van der Waals surface area contributed by atoms with E-state index in [0.29, 0.717) is 6.61 Å². The largest absolute Gasteiger partial charge is 0.485 e. The van der Waals surface area contributed by atoms with Crippen molar-refractivity contribution in [3.8, 4) is 5.75 Å². The molecule has 0 unspecified atom stereocenters. The second kappa shape index (κ2) is 8.42. The Morgan fingerprint density at radius 2 is 1.04 bits per heavy atom.